The minimum atomic E-state index is 0.517. The molecule has 0 amide bonds. The molecule has 0 saturated carbocycles. The first kappa shape index (κ1) is 11.4. The first-order valence-electron chi connectivity index (χ1n) is 6.46. The summed E-state index contributed by atoms with van der Waals surface area (Å²) in [5, 5.41) is 3.60. The molecule has 0 aromatic rings. The number of hydrogen-bond donors (Lipinski definition) is 1. The molecule has 2 aliphatic heterocycles. The standard InChI is InChI=1S/C12H24N2O/c1-2-11-5-7-14(8-6-13-11)10-12-4-3-9-15-12/h11-13H,2-10H2,1H3. The Kier molecular flexibility index (Phi) is 4.42. The predicted molar refractivity (Wildman–Crippen MR) is 62.1 cm³/mol. The molecule has 0 aromatic heterocycles. The molecule has 0 aromatic carbocycles. The Labute approximate surface area is 93.2 Å². The molecule has 2 aliphatic rings. The number of nitrogens with zero attached hydrogens (tertiary/aromatic N) is 1. The van der Waals surface area contributed by atoms with Crippen molar-refractivity contribution in [1.82, 2.24) is 10.2 Å². The first-order valence-corrected chi connectivity index (χ1v) is 6.46. The smallest absolute Gasteiger partial charge is 0.0702 e. The van der Waals surface area contributed by atoms with Crippen molar-refractivity contribution in [3.8, 4) is 0 Å². The van der Waals surface area contributed by atoms with Crippen molar-refractivity contribution in [2.24, 2.45) is 0 Å². The molecule has 2 heterocycles. The summed E-state index contributed by atoms with van der Waals surface area (Å²) >= 11 is 0. The highest BCUT2D eigenvalue weighted by Gasteiger charge is 2.21. The highest BCUT2D eigenvalue weighted by atomic mass is 16.5. The van der Waals surface area contributed by atoms with E-state index in [1.54, 1.807) is 0 Å². The molecule has 2 fully saturated rings. The lowest BCUT2D eigenvalue weighted by atomic mass is 10.1. The van der Waals surface area contributed by atoms with Crippen LogP contribution in [-0.2, 0) is 4.74 Å². The van der Waals surface area contributed by atoms with Crippen LogP contribution in [0.4, 0.5) is 0 Å². The van der Waals surface area contributed by atoms with Crippen LogP contribution < -0.4 is 5.32 Å². The average Bonchev–Trinajstić information content (AvgIpc) is 2.64. The third kappa shape index (κ3) is 3.44. The second kappa shape index (κ2) is 5.83. The second-order valence-electron chi connectivity index (χ2n) is 4.78. The Morgan fingerprint density at radius 2 is 2.27 bits per heavy atom. The fourth-order valence-electron chi connectivity index (χ4n) is 2.59. The highest BCUT2D eigenvalue weighted by Crippen LogP contribution is 2.14. The molecule has 2 atom stereocenters. The van der Waals surface area contributed by atoms with Gasteiger partial charge in [-0.2, -0.15) is 0 Å². The van der Waals surface area contributed by atoms with Crippen LogP contribution in [0.3, 0.4) is 0 Å². The van der Waals surface area contributed by atoms with E-state index in [2.05, 4.69) is 17.1 Å². The monoisotopic (exact) mass is 212 g/mol. The van der Waals surface area contributed by atoms with Gasteiger partial charge in [0.05, 0.1) is 6.10 Å². The van der Waals surface area contributed by atoms with Crippen molar-refractivity contribution >= 4 is 0 Å². The third-order valence-electron chi connectivity index (χ3n) is 3.63. The fraction of sp³-hybridized carbons (Fsp3) is 1.00. The molecular formula is C12H24N2O. The zero-order valence-corrected chi connectivity index (χ0v) is 9.87. The van der Waals surface area contributed by atoms with E-state index in [1.165, 1.54) is 38.8 Å². The van der Waals surface area contributed by atoms with Crippen LogP contribution in [0.15, 0.2) is 0 Å². The molecule has 3 nitrogen and oxygen atoms in total. The molecule has 2 unspecified atom stereocenters. The van der Waals surface area contributed by atoms with Gasteiger partial charge in [-0.05, 0) is 32.2 Å². The van der Waals surface area contributed by atoms with Crippen LogP contribution in [-0.4, -0.2) is 49.8 Å². The van der Waals surface area contributed by atoms with Gasteiger partial charge in [-0.1, -0.05) is 6.92 Å². The maximum Gasteiger partial charge on any atom is 0.0702 e. The lowest BCUT2D eigenvalue weighted by Crippen LogP contribution is -2.34. The van der Waals surface area contributed by atoms with E-state index < -0.39 is 0 Å². The van der Waals surface area contributed by atoms with Crippen molar-refractivity contribution in [2.75, 3.05) is 32.8 Å². The lowest BCUT2D eigenvalue weighted by Gasteiger charge is -2.22. The molecular weight excluding hydrogens is 188 g/mol. The third-order valence-corrected chi connectivity index (χ3v) is 3.63. The van der Waals surface area contributed by atoms with Crippen LogP contribution in [0.25, 0.3) is 0 Å². The van der Waals surface area contributed by atoms with E-state index in [4.69, 9.17) is 4.74 Å². The summed E-state index contributed by atoms with van der Waals surface area (Å²) in [5.74, 6) is 0. The summed E-state index contributed by atoms with van der Waals surface area (Å²) in [6.45, 7) is 7.98. The van der Waals surface area contributed by atoms with Gasteiger partial charge in [0.1, 0.15) is 0 Å². The minimum Gasteiger partial charge on any atom is -0.377 e. The number of rotatable bonds is 3. The normalized spacial score (nSPS) is 34.2. The number of hydrogen-bond acceptors (Lipinski definition) is 3. The summed E-state index contributed by atoms with van der Waals surface area (Å²) in [6, 6.07) is 0.736. The predicted octanol–water partition coefficient (Wildman–Crippen LogP) is 1.24. The van der Waals surface area contributed by atoms with Crippen molar-refractivity contribution in [3.05, 3.63) is 0 Å². The molecule has 0 spiro atoms. The first-order chi connectivity index (χ1) is 7.38. The van der Waals surface area contributed by atoms with Gasteiger partial charge in [0.25, 0.3) is 0 Å². The number of ether oxygens (including phenoxy) is 1. The van der Waals surface area contributed by atoms with Gasteiger partial charge in [0.15, 0.2) is 0 Å². The van der Waals surface area contributed by atoms with Crippen molar-refractivity contribution in [3.63, 3.8) is 0 Å². The van der Waals surface area contributed by atoms with Crippen molar-refractivity contribution in [2.45, 2.75) is 44.8 Å². The molecule has 0 bridgehead atoms. The summed E-state index contributed by atoms with van der Waals surface area (Å²) < 4.78 is 5.69. The zero-order chi connectivity index (χ0) is 10.5. The van der Waals surface area contributed by atoms with Gasteiger partial charge in [0.2, 0.25) is 0 Å². The van der Waals surface area contributed by atoms with E-state index in [0.29, 0.717) is 6.10 Å². The summed E-state index contributed by atoms with van der Waals surface area (Å²) in [5.41, 5.74) is 0. The van der Waals surface area contributed by atoms with Crippen LogP contribution >= 0.6 is 0 Å². The van der Waals surface area contributed by atoms with Gasteiger partial charge in [-0.25, -0.2) is 0 Å². The van der Waals surface area contributed by atoms with Gasteiger partial charge >= 0.3 is 0 Å². The quantitative estimate of drug-likeness (QED) is 0.762. The van der Waals surface area contributed by atoms with Gasteiger partial charge in [-0.15, -0.1) is 0 Å². The van der Waals surface area contributed by atoms with E-state index in [9.17, 15) is 0 Å². The summed E-state index contributed by atoms with van der Waals surface area (Å²) in [6.07, 6.45) is 5.59. The summed E-state index contributed by atoms with van der Waals surface area (Å²) in [7, 11) is 0. The highest BCUT2D eigenvalue weighted by molar-refractivity contribution is 4.77. The Morgan fingerprint density at radius 3 is 3.00 bits per heavy atom. The Balaban J connectivity index is 1.72. The molecule has 2 saturated heterocycles. The van der Waals surface area contributed by atoms with Crippen LogP contribution in [0.2, 0.25) is 0 Å². The van der Waals surface area contributed by atoms with E-state index >= 15 is 0 Å². The largest absolute Gasteiger partial charge is 0.377 e. The maximum atomic E-state index is 5.69. The minimum absolute atomic E-state index is 0.517. The van der Waals surface area contributed by atoms with Crippen molar-refractivity contribution < 1.29 is 4.74 Å². The van der Waals surface area contributed by atoms with E-state index in [1.807, 2.05) is 0 Å². The molecule has 0 radical (unpaired) electrons. The molecule has 2 rings (SSSR count). The second-order valence-corrected chi connectivity index (χ2v) is 4.78. The van der Waals surface area contributed by atoms with Crippen LogP contribution in [0, 0.1) is 0 Å². The Bertz CT molecular complexity index is 180. The van der Waals surface area contributed by atoms with Gasteiger partial charge in [0, 0.05) is 32.3 Å². The molecule has 15 heavy (non-hydrogen) atoms. The Hall–Kier alpha value is -0.120. The zero-order valence-electron chi connectivity index (χ0n) is 9.87. The maximum absolute atomic E-state index is 5.69. The SMILES string of the molecule is CCC1CCN(CC2CCCO2)CCN1. The van der Waals surface area contributed by atoms with Crippen LogP contribution in [0.5, 0.6) is 0 Å². The molecule has 3 heteroatoms. The average molecular weight is 212 g/mol. The van der Waals surface area contributed by atoms with E-state index in [-0.39, 0.29) is 0 Å². The fourth-order valence-corrected chi connectivity index (χ4v) is 2.59. The van der Waals surface area contributed by atoms with E-state index in [0.717, 1.165) is 25.7 Å². The molecule has 0 aliphatic carbocycles. The van der Waals surface area contributed by atoms with Crippen molar-refractivity contribution in [1.29, 1.82) is 0 Å². The van der Waals surface area contributed by atoms with Gasteiger partial charge in [-0.3, -0.25) is 4.90 Å². The molecule has 1 N–H and O–H groups in total. The summed E-state index contributed by atoms with van der Waals surface area (Å²) in [4.78, 5) is 2.57. The topological polar surface area (TPSA) is 24.5 Å². The molecule has 88 valence electrons. The van der Waals surface area contributed by atoms with Gasteiger partial charge < -0.3 is 10.1 Å². The Morgan fingerprint density at radius 1 is 1.33 bits per heavy atom. The van der Waals surface area contributed by atoms with Crippen LogP contribution in [0.1, 0.15) is 32.6 Å². The lowest BCUT2D eigenvalue weighted by molar-refractivity contribution is 0.0751. The number of nitrogens with one attached hydrogen (secondary N) is 1.